The highest BCUT2D eigenvalue weighted by molar-refractivity contribution is 5.81. The minimum atomic E-state index is -0.0781. The molecule has 0 fully saturated rings. The fraction of sp³-hybridized carbons (Fsp3) is 0.0769. The summed E-state index contributed by atoms with van der Waals surface area (Å²) in [6, 6.07) is 23.8. The number of H-pyrrole nitrogens is 1. The molecule has 0 spiro atoms. The van der Waals surface area contributed by atoms with E-state index >= 15 is 0 Å². The highest BCUT2D eigenvalue weighted by Crippen LogP contribution is 2.18. The molecule has 2 aromatic heterocycles. The first-order valence-corrected chi connectivity index (χ1v) is 9.75. The number of hydrogen-bond acceptors (Lipinski definition) is 3. The van der Waals surface area contributed by atoms with Crippen molar-refractivity contribution in [3.05, 3.63) is 112 Å². The Hall–Kier alpha value is -4.10. The van der Waals surface area contributed by atoms with E-state index in [1.807, 2.05) is 60.7 Å². The molecule has 3 aromatic carbocycles. The Morgan fingerprint density at radius 2 is 1.83 bits per heavy atom. The second-order valence-electron chi connectivity index (χ2n) is 7.22. The maximum atomic E-state index is 12.5. The summed E-state index contributed by atoms with van der Waals surface area (Å²) in [7, 11) is 0. The largest absolute Gasteiger partial charge is 0.443 e. The fourth-order valence-corrected chi connectivity index (χ4v) is 3.54. The number of pyridine rings is 1. The minimum absolute atomic E-state index is 0.0781. The van der Waals surface area contributed by atoms with E-state index in [2.05, 4.69) is 33.9 Å². The average Bonchev–Trinajstić information content (AvgIpc) is 3.23. The Labute approximate surface area is 173 Å². The van der Waals surface area contributed by atoms with Crippen molar-refractivity contribution in [3.63, 3.8) is 0 Å². The third-order valence-corrected chi connectivity index (χ3v) is 5.08. The monoisotopic (exact) mass is 390 g/mol. The molecular formula is C26H18N2O2. The maximum Gasteiger partial charge on any atom is 0.251 e. The molecule has 5 aromatic rings. The number of aromatic amines is 1. The van der Waals surface area contributed by atoms with Crippen LogP contribution in [0, 0.1) is 11.8 Å². The van der Waals surface area contributed by atoms with E-state index < -0.39 is 0 Å². The Balaban J connectivity index is 1.43. The van der Waals surface area contributed by atoms with Crippen LogP contribution < -0.4 is 5.56 Å². The molecule has 4 heteroatoms. The summed E-state index contributed by atoms with van der Waals surface area (Å²) in [4.78, 5) is 19.7. The molecule has 0 aliphatic heterocycles. The van der Waals surface area contributed by atoms with Gasteiger partial charge in [-0.15, -0.1) is 0 Å². The van der Waals surface area contributed by atoms with Crippen molar-refractivity contribution in [2.45, 2.75) is 12.8 Å². The summed E-state index contributed by atoms with van der Waals surface area (Å²) in [5.41, 5.74) is 6.11. The van der Waals surface area contributed by atoms with Crippen molar-refractivity contribution in [1.82, 2.24) is 9.97 Å². The zero-order chi connectivity index (χ0) is 20.3. The highest BCUT2D eigenvalue weighted by atomic mass is 16.3. The van der Waals surface area contributed by atoms with E-state index in [9.17, 15) is 4.79 Å². The molecule has 0 bridgehead atoms. The van der Waals surface area contributed by atoms with Crippen molar-refractivity contribution in [3.8, 4) is 11.8 Å². The topological polar surface area (TPSA) is 58.9 Å². The number of rotatable bonds is 3. The van der Waals surface area contributed by atoms with E-state index in [1.165, 1.54) is 12.0 Å². The standard InChI is InChI=1S/C26H18N2O2/c29-26-22(14-20-10-12-25-24(15-20)27-17-30-25)16-21-13-19(9-11-23(21)28-26)8-4-7-18-5-2-1-3-6-18/h1-3,5-6,9-13,15-17H,7,14H2,(H,28,29). The predicted molar refractivity (Wildman–Crippen MR) is 118 cm³/mol. The number of nitrogens with zero attached hydrogens (tertiary/aromatic N) is 1. The highest BCUT2D eigenvalue weighted by Gasteiger charge is 2.07. The molecule has 0 radical (unpaired) electrons. The lowest BCUT2D eigenvalue weighted by Gasteiger charge is -2.05. The second kappa shape index (κ2) is 7.73. The number of nitrogens with one attached hydrogen (secondary N) is 1. The van der Waals surface area contributed by atoms with Crippen LogP contribution in [0.3, 0.4) is 0 Å². The first kappa shape index (κ1) is 18.0. The van der Waals surface area contributed by atoms with E-state index in [-0.39, 0.29) is 5.56 Å². The third-order valence-electron chi connectivity index (χ3n) is 5.08. The van der Waals surface area contributed by atoms with Gasteiger partial charge < -0.3 is 9.40 Å². The molecule has 144 valence electrons. The Morgan fingerprint density at radius 1 is 0.933 bits per heavy atom. The van der Waals surface area contributed by atoms with Gasteiger partial charge in [0.2, 0.25) is 0 Å². The Kier molecular flexibility index (Phi) is 4.63. The minimum Gasteiger partial charge on any atom is -0.443 e. The molecular weight excluding hydrogens is 372 g/mol. The van der Waals surface area contributed by atoms with Crippen LogP contribution in [0.15, 0.2) is 88.4 Å². The summed E-state index contributed by atoms with van der Waals surface area (Å²) in [6.45, 7) is 0. The first-order valence-electron chi connectivity index (χ1n) is 9.75. The number of aromatic nitrogens is 2. The third kappa shape index (κ3) is 3.74. The lowest BCUT2D eigenvalue weighted by atomic mass is 10.0. The summed E-state index contributed by atoms with van der Waals surface area (Å²) in [5, 5.41) is 0.971. The molecule has 30 heavy (non-hydrogen) atoms. The molecule has 1 N–H and O–H groups in total. The van der Waals surface area contributed by atoms with E-state index in [4.69, 9.17) is 4.42 Å². The van der Waals surface area contributed by atoms with Crippen LogP contribution in [0.25, 0.3) is 22.0 Å². The van der Waals surface area contributed by atoms with Gasteiger partial charge in [0.1, 0.15) is 5.52 Å². The van der Waals surface area contributed by atoms with Gasteiger partial charge in [0.15, 0.2) is 12.0 Å². The molecule has 5 rings (SSSR count). The van der Waals surface area contributed by atoms with Gasteiger partial charge >= 0.3 is 0 Å². The molecule has 4 nitrogen and oxygen atoms in total. The van der Waals surface area contributed by atoms with Crippen molar-refractivity contribution in [2.75, 3.05) is 0 Å². The van der Waals surface area contributed by atoms with E-state index in [0.29, 0.717) is 18.4 Å². The SMILES string of the molecule is O=c1[nH]c2ccc(C#CCc3ccccc3)cc2cc1Cc1ccc2ocnc2c1. The van der Waals surface area contributed by atoms with Crippen LogP contribution in [-0.4, -0.2) is 9.97 Å². The molecule has 0 aliphatic rings. The number of oxazole rings is 1. The Morgan fingerprint density at radius 3 is 2.73 bits per heavy atom. The quantitative estimate of drug-likeness (QED) is 0.448. The van der Waals surface area contributed by atoms with Crippen molar-refractivity contribution < 1.29 is 4.42 Å². The van der Waals surface area contributed by atoms with Gasteiger partial charge in [-0.1, -0.05) is 48.2 Å². The van der Waals surface area contributed by atoms with Gasteiger partial charge in [0.05, 0.1) is 0 Å². The molecule has 0 saturated heterocycles. The zero-order valence-corrected chi connectivity index (χ0v) is 16.2. The predicted octanol–water partition coefficient (Wildman–Crippen LogP) is 4.85. The fourth-order valence-electron chi connectivity index (χ4n) is 3.54. The molecule has 2 heterocycles. The van der Waals surface area contributed by atoms with Crippen molar-refractivity contribution in [1.29, 1.82) is 0 Å². The van der Waals surface area contributed by atoms with E-state index in [1.54, 1.807) is 0 Å². The number of fused-ring (bicyclic) bond motifs is 2. The van der Waals surface area contributed by atoms with Gasteiger partial charge in [-0.25, -0.2) is 4.98 Å². The average molecular weight is 390 g/mol. The summed E-state index contributed by atoms with van der Waals surface area (Å²) in [5.74, 6) is 6.45. The molecule has 0 atom stereocenters. The van der Waals surface area contributed by atoms with Crippen LogP contribution in [-0.2, 0) is 12.8 Å². The normalized spacial score (nSPS) is 10.8. The van der Waals surface area contributed by atoms with Crippen LogP contribution in [0.2, 0.25) is 0 Å². The van der Waals surface area contributed by atoms with Crippen molar-refractivity contribution >= 4 is 22.0 Å². The summed E-state index contributed by atoms with van der Waals surface area (Å²) in [6.07, 6.45) is 2.66. The second-order valence-corrected chi connectivity index (χ2v) is 7.22. The van der Waals surface area contributed by atoms with Crippen LogP contribution in [0.5, 0.6) is 0 Å². The van der Waals surface area contributed by atoms with Gasteiger partial charge in [-0.3, -0.25) is 4.79 Å². The number of benzene rings is 3. The van der Waals surface area contributed by atoms with Gasteiger partial charge in [0, 0.05) is 29.5 Å². The van der Waals surface area contributed by atoms with Gasteiger partial charge in [-0.2, -0.15) is 0 Å². The summed E-state index contributed by atoms with van der Waals surface area (Å²) >= 11 is 0. The maximum absolute atomic E-state index is 12.5. The smallest absolute Gasteiger partial charge is 0.251 e. The zero-order valence-electron chi connectivity index (χ0n) is 16.2. The van der Waals surface area contributed by atoms with E-state index in [0.717, 1.165) is 33.1 Å². The van der Waals surface area contributed by atoms with Crippen LogP contribution in [0.1, 0.15) is 22.3 Å². The molecule has 0 unspecified atom stereocenters. The van der Waals surface area contributed by atoms with Crippen LogP contribution >= 0.6 is 0 Å². The lowest BCUT2D eigenvalue weighted by Crippen LogP contribution is -2.12. The van der Waals surface area contributed by atoms with Crippen LogP contribution in [0.4, 0.5) is 0 Å². The van der Waals surface area contributed by atoms with Crippen molar-refractivity contribution in [2.24, 2.45) is 0 Å². The summed E-state index contributed by atoms with van der Waals surface area (Å²) < 4.78 is 5.29. The molecule has 0 saturated carbocycles. The lowest BCUT2D eigenvalue weighted by molar-refractivity contribution is 0.602. The van der Waals surface area contributed by atoms with Gasteiger partial charge in [0.25, 0.3) is 5.56 Å². The number of hydrogen-bond donors (Lipinski definition) is 1. The molecule has 0 amide bonds. The first-order chi connectivity index (χ1) is 14.7. The Bertz CT molecular complexity index is 1470. The molecule has 0 aliphatic carbocycles. The van der Waals surface area contributed by atoms with Gasteiger partial charge in [-0.05, 0) is 52.9 Å².